The second kappa shape index (κ2) is 6.23. The van der Waals surface area contributed by atoms with Gasteiger partial charge in [0.1, 0.15) is 17.7 Å². The first-order valence-electron chi connectivity index (χ1n) is 8.32. The molecular weight excluding hydrogens is 352 g/mol. The SMILES string of the molecule is Cc1cccc(NS(=O)(=O)N2C[C@H]3C[C@@H]2CN3c2ccc(C#N)cn2)n1. The maximum Gasteiger partial charge on any atom is 0.303 e. The van der Waals surface area contributed by atoms with E-state index in [9.17, 15) is 8.42 Å². The van der Waals surface area contributed by atoms with E-state index < -0.39 is 10.2 Å². The van der Waals surface area contributed by atoms with Crippen molar-refractivity contribution in [2.24, 2.45) is 0 Å². The predicted molar refractivity (Wildman–Crippen MR) is 96.7 cm³/mol. The Kier molecular flexibility index (Phi) is 4.01. The van der Waals surface area contributed by atoms with E-state index in [4.69, 9.17) is 5.26 Å². The lowest BCUT2D eigenvalue weighted by molar-refractivity contribution is 0.370. The van der Waals surface area contributed by atoms with E-state index in [-0.39, 0.29) is 12.1 Å². The number of hydrogen-bond donors (Lipinski definition) is 1. The van der Waals surface area contributed by atoms with Crippen molar-refractivity contribution < 1.29 is 8.42 Å². The third-order valence-electron chi connectivity index (χ3n) is 4.79. The number of fused-ring (bicyclic) bond motifs is 2. The van der Waals surface area contributed by atoms with Gasteiger partial charge in [0.25, 0.3) is 0 Å². The minimum Gasteiger partial charge on any atom is -0.351 e. The van der Waals surface area contributed by atoms with Crippen LogP contribution in [0.5, 0.6) is 0 Å². The first-order chi connectivity index (χ1) is 12.5. The quantitative estimate of drug-likeness (QED) is 0.870. The highest BCUT2D eigenvalue weighted by Gasteiger charge is 2.48. The van der Waals surface area contributed by atoms with Crippen molar-refractivity contribution in [3.05, 3.63) is 47.8 Å². The highest BCUT2D eigenvalue weighted by Crippen LogP contribution is 2.35. The average Bonchev–Trinajstić information content (AvgIpc) is 3.22. The van der Waals surface area contributed by atoms with Crippen LogP contribution in [0.25, 0.3) is 0 Å². The number of pyridine rings is 2. The molecule has 0 saturated carbocycles. The highest BCUT2D eigenvalue weighted by atomic mass is 32.2. The number of aryl methyl sites for hydroxylation is 1. The minimum atomic E-state index is -3.65. The summed E-state index contributed by atoms with van der Waals surface area (Å²) in [6.07, 6.45) is 2.31. The zero-order valence-electron chi connectivity index (χ0n) is 14.2. The molecule has 0 amide bonds. The monoisotopic (exact) mass is 370 g/mol. The van der Waals surface area contributed by atoms with Gasteiger partial charge in [0.05, 0.1) is 5.56 Å². The van der Waals surface area contributed by atoms with Gasteiger partial charge in [-0.25, -0.2) is 9.97 Å². The van der Waals surface area contributed by atoms with E-state index >= 15 is 0 Å². The first-order valence-corrected chi connectivity index (χ1v) is 9.76. The van der Waals surface area contributed by atoms with Crippen LogP contribution >= 0.6 is 0 Å². The minimum absolute atomic E-state index is 0.0856. The summed E-state index contributed by atoms with van der Waals surface area (Å²) in [4.78, 5) is 10.6. The van der Waals surface area contributed by atoms with E-state index in [1.165, 1.54) is 4.31 Å². The fourth-order valence-electron chi connectivity index (χ4n) is 3.62. The second-order valence-electron chi connectivity index (χ2n) is 6.55. The molecule has 2 aromatic rings. The van der Waals surface area contributed by atoms with E-state index in [0.29, 0.717) is 24.5 Å². The number of aromatic nitrogens is 2. The van der Waals surface area contributed by atoms with Gasteiger partial charge < -0.3 is 4.90 Å². The van der Waals surface area contributed by atoms with Gasteiger partial charge in [-0.1, -0.05) is 6.07 Å². The van der Waals surface area contributed by atoms with Gasteiger partial charge in [-0.2, -0.15) is 18.0 Å². The molecule has 134 valence electrons. The van der Waals surface area contributed by atoms with Crippen molar-refractivity contribution in [2.45, 2.75) is 25.4 Å². The van der Waals surface area contributed by atoms with Crippen LogP contribution in [0.15, 0.2) is 36.5 Å². The number of rotatable bonds is 4. The summed E-state index contributed by atoms with van der Waals surface area (Å²) in [6.45, 7) is 2.82. The Morgan fingerprint density at radius 3 is 2.69 bits per heavy atom. The normalized spacial score (nSPS) is 22.4. The third-order valence-corrected chi connectivity index (χ3v) is 6.32. The van der Waals surface area contributed by atoms with Crippen LogP contribution in [0.3, 0.4) is 0 Å². The molecule has 0 unspecified atom stereocenters. The number of hydrogen-bond acceptors (Lipinski definition) is 6. The summed E-state index contributed by atoms with van der Waals surface area (Å²) >= 11 is 0. The van der Waals surface area contributed by atoms with Gasteiger partial charge in [-0.3, -0.25) is 4.72 Å². The Morgan fingerprint density at radius 2 is 2.08 bits per heavy atom. The van der Waals surface area contributed by atoms with Crippen LogP contribution in [0.4, 0.5) is 11.6 Å². The Bertz CT molecular complexity index is 969. The van der Waals surface area contributed by atoms with Crippen LogP contribution in [0, 0.1) is 18.3 Å². The molecule has 2 atom stereocenters. The molecule has 2 bridgehead atoms. The number of nitrogens with zero attached hydrogens (tertiary/aromatic N) is 5. The molecule has 4 heterocycles. The Morgan fingerprint density at radius 1 is 1.23 bits per heavy atom. The molecule has 0 radical (unpaired) electrons. The molecule has 2 saturated heterocycles. The van der Waals surface area contributed by atoms with E-state index in [1.54, 1.807) is 24.4 Å². The zero-order chi connectivity index (χ0) is 18.3. The smallest absolute Gasteiger partial charge is 0.303 e. The topological polar surface area (TPSA) is 102 Å². The van der Waals surface area contributed by atoms with Crippen molar-refractivity contribution >= 4 is 21.8 Å². The molecule has 9 heteroatoms. The lowest BCUT2D eigenvalue weighted by Gasteiger charge is -2.34. The third kappa shape index (κ3) is 2.98. The van der Waals surface area contributed by atoms with Gasteiger partial charge >= 0.3 is 10.2 Å². The predicted octanol–water partition coefficient (Wildman–Crippen LogP) is 1.28. The van der Waals surface area contributed by atoms with Crippen LogP contribution in [-0.2, 0) is 10.2 Å². The Balaban J connectivity index is 1.48. The van der Waals surface area contributed by atoms with Gasteiger partial charge in [-0.05, 0) is 37.6 Å². The van der Waals surface area contributed by atoms with Crippen LogP contribution in [0.1, 0.15) is 17.7 Å². The van der Waals surface area contributed by atoms with Crippen molar-refractivity contribution in [3.63, 3.8) is 0 Å². The van der Waals surface area contributed by atoms with Gasteiger partial charge in [0.2, 0.25) is 0 Å². The van der Waals surface area contributed by atoms with E-state index in [1.807, 2.05) is 19.1 Å². The molecule has 2 aromatic heterocycles. The van der Waals surface area contributed by atoms with Gasteiger partial charge in [-0.15, -0.1) is 0 Å². The number of anilines is 2. The molecule has 2 aliphatic rings. The maximum absolute atomic E-state index is 12.7. The van der Waals surface area contributed by atoms with Crippen LogP contribution in [0.2, 0.25) is 0 Å². The molecule has 1 N–H and O–H groups in total. The Labute approximate surface area is 152 Å². The Hall–Kier alpha value is -2.70. The molecular formula is C17H18N6O2S. The highest BCUT2D eigenvalue weighted by molar-refractivity contribution is 7.90. The molecule has 0 spiro atoms. The van der Waals surface area contributed by atoms with Crippen molar-refractivity contribution in [3.8, 4) is 6.07 Å². The molecule has 26 heavy (non-hydrogen) atoms. The van der Waals surface area contributed by atoms with Crippen LogP contribution < -0.4 is 9.62 Å². The number of nitrogens with one attached hydrogen (secondary N) is 1. The van der Waals surface area contributed by atoms with Crippen molar-refractivity contribution in [1.82, 2.24) is 14.3 Å². The van der Waals surface area contributed by atoms with Gasteiger partial charge in [0, 0.05) is 37.1 Å². The lowest BCUT2D eigenvalue weighted by Crippen LogP contribution is -2.50. The summed E-state index contributed by atoms with van der Waals surface area (Å²) in [5.41, 5.74) is 1.27. The largest absolute Gasteiger partial charge is 0.351 e. The van der Waals surface area contributed by atoms with E-state index in [2.05, 4.69) is 25.7 Å². The summed E-state index contributed by atoms with van der Waals surface area (Å²) in [5, 5.41) is 8.87. The van der Waals surface area contributed by atoms with Crippen LogP contribution in [-0.4, -0.2) is 47.9 Å². The summed E-state index contributed by atoms with van der Waals surface area (Å²) < 4.78 is 29.6. The zero-order valence-corrected chi connectivity index (χ0v) is 15.0. The number of piperazine rings is 1. The number of nitriles is 1. The first kappa shape index (κ1) is 16.8. The average molecular weight is 370 g/mol. The maximum atomic E-state index is 12.7. The summed E-state index contributed by atoms with van der Waals surface area (Å²) in [7, 11) is -3.65. The second-order valence-corrected chi connectivity index (χ2v) is 8.18. The van der Waals surface area contributed by atoms with Gasteiger partial charge in [0.15, 0.2) is 0 Å². The van der Waals surface area contributed by atoms with E-state index in [0.717, 1.165) is 17.9 Å². The molecule has 0 aromatic carbocycles. The molecule has 2 aliphatic heterocycles. The lowest BCUT2D eigenvalue weighted by atomic mass is 10.2. The van der Waals surface area contributed by atoms with Crippen molar-refractivity contribution in [2.75, 3.05) is 22.7 Å². The molecule has 0 aliphatic carbocycles. The fraction of sp³-hybridized carbons (Fsp3) is 0.353. The summed E-state index contributed by atoms with van der Waals surface area (Å²) in [5.74, 6) is 1.11. The molecule has 2 fully saturated rings. The fourth-order valence-corrected chi connectivity index (χ4v) is 5.03. The molecule has 8 nitrogen and oxygen atoms in total. The molecule has 4 rings (SSSR count). The standard InChI is InChI=1S/C17H18N6O2S/c1-12-3-2-4-16(20-12)21-26(24,25)23-11-14-7-15(23)10-22(14)17-6-5-13(8-18)9-19-17/h2-6,9,14-15H,7,10-11H2,1H3,(H,20,21)/t14-,15-/m1/s1. The van der Waals surface area contributed by atoms with Crippen molar-refractivity contribution in [1.29, 1.82) is 5.26 Å². The summed E-state index contributed by atoms with van der Waals surface area (Å²) in [6, 6.07) is 10.8.